The number of hydrogen-bond donors (Lipinski definition) is 2. The highest BCUT2D eigenvalue weighted by Gasteiger charge is 2.23. The maximum atomic E-state index is 11.9. The fraction of sp³-hybridized carbons (Fsp3) is 0.333. The summed E-state index contributed by atoms with van der Waals surface area (Å²) in [5.74, 6) is 0. The van der Waals surface area contributed by atoms with E-state index in [1.807, 2.05) is 32.0 Å². The van der Waals surface area contributed by atoms with Crippen LogP contribution in [0.4, 0.5) is 11.4 Å². The lowest BCUT2D eigenvalue weighted by Crippen LogP contribution is -2.33. The molecule has 0 fully saturated rings. The summed E-state index contributed by atoms with van der Waals surface area (Å²) >= 11 is 6.37. The van der Waals surface area contributed by atoms with Crippen LogP contribution in [0, 0.1) is 10.1 Å². The number of primary sulfonamides is 1. The highest BCUT2D eigenvalue weighted by atomic mass is 35.5. The molecule has 3 N–H and O–H groups in total. The van der Waals surface area contributed by atoms with Crippen LogP contribution in [0.25, 0.3) is 0 Å². The largest absolute Gasteiger partial charge is 0.382 e. The van der Waals surface area contributed by atoms with Crippen molar-refractivity contribution in [3.8, 4) is 0 Å². The van der Waals surface area contributed by atoms with Gasteiger partial charge in [-0.1, -0.05) is 43.6 Å². The van der Waals surface area contributed by atoms with Gasteiger partial charge in [-0.2, -0.15) is 0 Å². The number of nitro groups is 1. The number of rotatable bonds is 9. The number of nitro benzene ring substituents is 1. The number of halogens is 1. The third-order valence-corrected chi connectivity index (χ3v) is 5.78. The second-order valence-corrected chi connectivity index (χ2v) is 8.06. The quantitative estimate of drug-likeness (QED) is 0.468. The molecule has 0 saturated heterocycles. The van der Waals surface area contributed by atoms with Gasteiger partial charge in [-0.15, -0.1) is 0 Å². The Morgan fingerprint density at radius 3 is 2.39 bits per heavy atom. The summed E-state index contributed by atoms with van der Waals surface area (Å²) < 4.78 is 23.9. The number of likely N-dealkylation sites (N-methyl/N-ethyl adjacent to an activating group) is 1. The van der Waals surface area contributed by atoms with Crippen LogP contribution in [0.3, 0.4) is 0 Å². The van der Waals surface area contributed by atoms with E-state index in [0.29, 0.717) is 11.6 Å². The fourth-order valence-electron chi connectivity index (χ4n) is 3.06. The summed E-state index contributed by atoms with van der Waals surface area (Å²) in [6.45, 7) is 5.91. The number of nitrogens with two attached hydrogens (primary N) is 1. The summed E-state index contributed by atoms with van der Waals surface area (Å²) in [6, 6.07) is 10.9. The fourth-order valence-corrected chi connectivity index (χ4v) is 4.05. The minimum Gasteiger partial charge on any atom is -0.382 e. The zero-order valence-electron chi connectivity index (χ0n) is 15.6. The molecule has 0 bridgehead atoms. The second kappa shape index (κ2) is 9.33. The van der Waals surface area contributed by atoms with Crippen LogP contribution in [0.2, 0.25) is 5.02 Å². The van der Waals surface area contributed by atoms with Crippen molar-refractivity contribution in [1.82, 2.24) is 4.90 Å². The van der Waals surface area contributed by atoms with Crippen molar-refractivity contribution in [3.05, 3.63) is 63.2 Å². The number of nitrogens with one attached hydrogen (secondary N) is 1. The van der Waals surface area contributed by atoms with E-state index in [4.69, 9.17) is 16.7 Å². The van der Waals surface area contributed by atoms with E-state index in [2.05, 4.69) is 10.2 Å². The van der Waals surface area contributed by atoms with E-state index in [9.17, 15) is 18.5 Å². The number of anilines is 1. The van der Waals surface area contributed by atoms with Gasteiger partial charge in [-0.25, -0.2) is 13.6 Å². The molecule has 0 radical (unpaired) electrons. The first kappa shape index (κ1) is 22.1. The highest BCUT2D eigenvalue weighted by molar-refractivity contribution is 7.89. The smallest absolute Gasteiger partial charge is 0.270 e. The van der Waals surface area contributed by atoms with Gasteiger partial charge in [0.1, 0.15) is 4.90 Å². The summed E-state index contributed by atoms with van der Waals surface area (Å²) in [5.41, 5.74) is 0.762. The monoisotopic (exact) mass is 426 g/mol. The highest BCUT2D eigenvalue weighted by Crippen LogP contribution is 2.30. The van der Waals surface area contributed by atoms with Crippen LogP contribution >= 0.6 is 11.6 Å². The molecule has 0 unspecified atom stereocenters. The molecule has 0 aliphatic carbocycles. The Morgan fingerprint density at radius 2 is 1.86 bits per heavy atom. The molecular formula is C18H23ClN4O4S. The zero-order valence-corrected chi connectivity index (χ0v) is 17.2. The number of sulfonamides is 1. The van der Waals surface area contributed by atoms with Crippen molar-refractivity contribution >= 4 is 33.0 Å². The molecule has 8 nitrogen and oxygen atoms in total. The number of non-ortho nitro benzene ring substituents is 1. The van der Waals surface area contributed by atoms with E-state index >= 15 is 0 Å². The second-order valence-electron chi connectivity index (χ2n) is 6.12. The Morgan fingerprint density at radius 1 is 1.21 bits per heavy atom. The van der Waals surface area contributed by atoms with Gasteiger partial charge < -0.3 is 5.32 Å². The molecule has 0 spiro atoms. The Bertz CT molecular complexity index is 948. The van der Waals surface area contributed by atoms with Gasteiger partial charge in [0.2, 0.25) is 10.0 Å². The molecule has 2 rings (SSSR count). The molecule has 1 atom stereocenters. The topological polar surface area (TPSA) is 119 Å². The molecule has 2 aromatic rings. The number of hydrogen-bond acceptors (Lipinski definition) is 6. The maximum absolute atomic E-state index is 11.9. The van der Waals surface area contributed by atoms with E-state index in [1.54, 1.807) is 6.07 Å². The molecule has 0 aliphatic rings. The predicted octanol–water partition coefficient (Wildman–Crippen LogP) is 3.39. The van der Waals surface area contributed by atoms with E-state index in [1.165, 1.54) is 12.1 Å². The van der Waals surface area contributed by atoms with Gasteiger partial charge in [0.05, 0.1) is 16.7 Å². The average Bonchev–Trinajstić information content (AvgIpc) is 2.65. The zero-order chi connectivity index (χ0) is 20.9. The Kier molecular flexibility index (Phi) is 7.36. The van der Waals surface area contributed by atoms with E-state index < -0.39 is 14.9 Å². The number of benzene rings is 2. The molecule has 10 heteroatoms. The third kappa shape index (κ3) is 5.20. The molecule has 0 aliphatic heterocycles. The molecule has 0 aromatic heterocycles. The first-order chi connectivity index (χ1) is 13.2. The summed E-state index contributed by atoms with van der Waals surface area (Å²) in [4.78, 5) is 12.2. The molecule has 0 amide bonds. The van der Waals surface area contributed by atoms with Crippen molar-refractivity contribution in [2.24, 2.45) is 5.14 Å². The maximum Gasteiger partial charge on any atom is 0.270 e. The minimum absolute atomic E-state index is 0.132. The van der Waals surface area contributed by atoms with Crippen molar-refractivity contribution in [1.29, 1.82) is 0 Å². The van der Waals surface area contributed by atoms with Gasteiger partial charge in [0, 0.05) is 23.7 Å². The predicted molar refractivity (Wildman–Crippen MR) is 110 cm³/mol. The van der Waals surface area contributed by atoms with Crippen molar-refractivity contribution < 1.29 is 13.3 Å². The minimum atomic E-state index is -4.15. The SMILES string of the molecule is CCN(CC)[C@H](CNc1ccc([N+](=O)[O-])cc1S(N)(=O)=O)c1ccccc1Cl. The van der Waals surface area contributed by atoms with Gasteiger partial charge in [0.15, 0.2) is 0 Å². The first-order valence-electron chi connectivity index (χ1n) is 8.72. The molecule has 28 heavy (non-hydrogen) atoms. The van der Waals surface area contributed by atoms with Crippen LogP contribution in [0.1, 0.15) is 25.5 Å². The molecule has 0 saturated carbocycles. The Labute approximate surface area is 169 Å². The van der Waals surface area contributed by atoms with Crippen LogP contribution < -0.4 is 10.5 Å². The van der Waals surface area contributed by atoms with Gasteiger partial charge in [-0.3, -0.25) is 15.0 Å². The lowest BCUT2D eigenvalue weighted by atomic mass is 10.0. The van der Waals surface area contributed by atoms with Crippen molar-refractivity contribution in [3.63, 3.8) is 0 Å². The van der Waals surface area contributed by atoms with Crippen LogP contribution in [-0.4, -0.2) is 37.9 Å². The number of nitrogens with zero attached hydrogens (tertiary/aromatic N) is 2. The Hall–Kier alpha value is -2.20. The Balaban J connectivity index is 2.40. The van der Waals surface area contributed by atoms with Crippen molar-refractivity contribution in [2.75, 3.05) is 25.0 Å². The molecule has 152 valence electrons. The van der Waals surface area contributed by atoms with Crippen molar-refractivity contribution in [2.45, 2.75) is 24.8 Å². The normalized spacial score (nSPS) is 12.8. The van der Waals surface area contributed by atoms with Crippen LogP contribution in [0.15, 0.2) is 47.4 Å². The van der Waals surface area contributed by atoms with E-state index in [0.717, 1.165) is 24.7 Å². The third-order valence-electron chi connectivity index (χ3n) is 4.49. The van der Waals surface area contributed by atoms with Gasteiger partial charge in [-0.05, 0) is 30.8 Å². The summed E-state index contributed by atoms with van der Waals surface area (Å²) in [5, 5.41) is 19.9. The lowest BCUT2D eigenvalue weighted by molar-refractivity contribution is -0.385. The van der Waals surface area contributed by atoms with Gasteiger partial charge in [0.25, 0.3) is 5.69 Å². The van der Waals surface area contributed by atoms with Crippen LogP contribution in [-0.2, 0) is 10.0 Å². The first-order valence-corrected chi connectivity index (χ1v) is 10.6. The average molecular weight is 427 g/mol. The molecule has 0 heterocycles. The summed E-state index contributed by atoms with van der Waals surface area (Å²) in [6.07, 6.45) is 0. The molecular weight excluding hydrogens is 404 g/mol. The van der Waals surface area contributed by atoms with E-state index in [-0.39, 0.29) is 22.3 Å². The lowest BCUT2D eigenvalue weighted by Gasteiger charge is -2.31. The standard InChI is InChI=1S/C18H23ClN4O4S/c1-3-22(4-2)17(14-7-5-6-8-15(14)19)12-21-16-10-9-13(23(24)25)11-18(16)28(20,26)27/h5-11,17,21H,3-4,12H2,1-2H3,(H2,20,26,27)/t17-/m1/s1. The molecule has 2 aromatic carbocycles. The van der Waals surface area contributed by atoms with Crippen LogP contribution in [0.5, 0.6) is 0 Å². The summed E-state index contributed by atoms with van der Waals surface area (Å²) in [7, 11) is -4.15. The van der Waals surface area contributed by atoms with Gasteiger partial charge >= 0.3 is 0 Å².